The Morgan fingerprint density at radius 1 is 1.53 bits per heavy atom. The van der Waals surface area contributed by atoms with Gasteiger partial charge >= 0.3 is 0 Å². The molecular formula is C11H15BrN2O. The van der Waals surface area contributed by atoms with Crippen molar-refractivity contribution in [3.05, 3.63) is 33.2 Å². The van der Waals surface area contributed by atoms with Crippen LogP contribution in [0.2, 0.25) is 0 Å². The molecule has 2 rings (SSSR count). The Kier molecular flexibility index (Phi) is 3.59. The molecule has 1 aromatic rings. The molecule has 0 radical (unpaired) electrons. The van der Waals surface area contributed by atoms with Crippen molar-refractivity contribution in [3.63, 3.8) is 0 Å². The summed E-state index contributed by atoms with van der Waals surface area (Å²) in [6, 6.07) is 3.66. The largest absolute Gasteiger partial charge is 0.315 e. The molecule has 1 aliphatic carbocycles. The van der Waals surface area contributed by atoms with Gasteiger partial charge < -0.3 is 9.88 Å². The van der Waals surface area contributed by atoms with Crippen molar-refractivity contribution >= 4 is 15.9 Å². The lowest BCUT2D eigenvalue weighted by Crippen LogP contribution is -2.27. The molecule has 0 bridgehead atoms. The van der Waals surface area contributed by atoms with Gasteiger partial charge in [-0.2, -0.15) is 0 Å². The zero-order valence-electron chi connectivity index (χ0n) is 8.58. The molecule has 1 heterocycles. The van der Waals surface area contributed by atoms with Crippen LogP contribution in [-0.4, -0.2) is 17.7 Å². The third-order valence-electron chi connectivity index (χ3n) is 2.63. The van der Waals surface area contributed by atoms with Crippen molar-refractivity contribution in [1.82, 2.24) is 9.88 Å². The van der Waals surface area contributed by atoms with Crippen LogP contribution in [0.25, 0.3) is 0 Å². The maximum Gasteiger partial charge on any atom is 0.264 e. The van der Waals surface area contributed by atoms with Gasteiger partial charge in [-0.25, -0.2) is 0 Å². The van der Waals surface area contributed by atoms with Crippen LogP contribution in [0, 0.1) is 5.92 Å². The molecule has 0 aliphatic heterocycles. The molecule has 0 unspecified atom stereocenters. The summed E-state index contributed by atoms with van der Waals surface area (Å²) in [5, 5.41) is 3.37. The topological polar surface area (TPSA) is 34.0 Å². The Bertz CT molecular complexity index is 384. The van der Waals surface area contributed by atoms with Gasteiger partial charge in [0.25, 0.3) is 5.56 Å². The van der Waals surface area contributed by atoms with Gasteiger partial charge in [0, 0.05) is 19.3 Å². The molecule has 1 aliphatic rings. The summed E-state index contributed by atoms with van der Waals surface area (Å²) in [5.41, 5.74) is 0.0470. The highest BCUT2D eigenvalue weighted by atomic mass is 79.9. The van der Waals surface area contributed by atoms with E-state index in [9.17, 15) is 4.79 Å². The van der Waals surface area contributed by atoms with E-state index in [2.05, 4.69) is 21.2 Å². The van der Waals surface area contributed by atoms with Crippen molar-refractivity contribution in [2.45, 2.75) is 19.4 Å². The van der Waals surface area contributed by atoms with E-state index in [4.69, 9.17) is 0 Å². The third-order valence-corrected chi connectivity index (χ3v) is 3.24. The first-order valence-electron chi connectivity index (χ1n) is 5.33. The monoisotopic (exact) mass is 270 g/mol. The van der Waals surface area contributed by atoms with Gasteiger partial charge in [-0.1, -0.05) is 0 Å². The molecule has 15 heavy (non-hydrogen) atoms. The molecule has 3 nitrogen and oxygen atoms in total. The fourth-order valence-corrected chi connectivity index (χ4v) is 1.89. The molecule has 1 saturated carbocycles. The van der Waals surface area contributed by atoms with Crippen molar-refractivity contribution in [1.29, 1.82) is 0 Å². The number of aromatic nitrogens is 1. The van der Waals surface area contributed by atoms with E-state index in [0.717, 1.165) is 25.6 Å². The second kappa shape index (κ2) is 4.94. The van der Waals surface area contributed by atoms with Crippen LogP contribution in [0.3, 0.4) is 0 Å². The number of rotatable bonds is 5. The van der Waals surface area contributed by atoms with Crippen LogP contribution in [0.5, 0.6) is 0 Å². The predicted octanol–water partition coefficient (Wildman–Crippen LogP) is 1.61. The molecule has 1 fully saturated rings. The van der Waals surface area contributed by atoms with Gasteiger partial charge in [-0.15, -0.1) is 0 Å². The van der Waals surface area contributed by atoms with E-state index in [1.165, 1.54) is 12.8 Å². The maximum atomic E-state index is 11.6. The Labute approximate surface area is 97.6 Å². The van der Waals surface area contributed by atoms with Crippen molar-refractivity contribution in [2.75, 3.05) is 13.1 Å². The molecule has 0 spiro atoms. The van der Waals surface area contributed by atoms with Gasteiger partial charge in [0.05, 0.1) is 4.47 Å². The molecule has 0 aromatic carbocycles. The van der Waals surface area contributed by atoms with Crippen LogP contribution < -0.4 is 10.9 Å². The number of hydrogen-bond donors (Lipinski definition) is 1. The van der Waals surface area contributed by atoms with Crippen LogP contribution >= 0.6 is 15.9 Å². The van der Waals surface area contributed by atoms with Gasteiger partial charge in [-0.3, -0.25) is 4.79 Å². The minimum atomic E-state index is 0.0470. The SMILES string of the molecule is O=c1c(Br)cccn1CCNCC1CC1. The van der Waals surface area contributed by atoms with E-state index in [1.807, 2.05) is 12.3 Å². The first-order valence-corrected chi connectivity index (χ1v) is 6.12. The number of halogens is 1. The molecule has 0 amide bonds. The highest BCUT2D eigenvalue weighted by molar-refractivity contribution is 9.10. The summed E-state index contributed by atoms with van der Waals surface area (Å²) in [5.74, 6) is 0.893. The second-order valence-electron chi connectivity index (χ2n) is 4.00. The van der Waals surface area contributed by atoms with Crippen LogP contribution in [0.4, 0.5) is 0 Å². The van der Waals surface area contributed by atoms with Crippen LogP contribution in [0.15, 0.2) is 27.6 Å². The highest BCUT2D eigenvalue weighted by Gasteiger charge is 2.19. The van der Waals surface area contributed by atoms with Crippen molar-refractivity contribution in [2.24, 2.45) is 5.92 Å². The lowest BCUT2D eigenvalue weighted by molar-refractivity contribution is 0.565. The summed E-state index contributed by atoms with van der Waals surface area (Å²) < 4.78 is 2.36. The number of hydrogen-bond acceptors (Lipinski definition) is 2. The smallest absolute Gasteiger partial charge is 0.264 e. The Morgan fingerprint density at radius 2 is 2.33 bits per heavy atom. The quantitative estimate of drug-likeness (QED) is 0.825. The standard InChI is InChI=1S/C11H15BrN2O/c12-10-2-1-6-14(11(10)15)7-5-13-8-9-3-4-9/h1-2,6,9,13H,3-5,7-8H2. The third kappa shape index (κ3) is 3.18. The van der Waals surface area contributed by atoms with Gasteiger partial charge in [0.1, 0.15) is 0 Å². The first-order chi connectivity index (χ1) is 7.27. The number of nitrogens with zero attached hydrogens (tertiary/aromatic N) is 1. The molecule has 1 N–H and O–H groups in total. The van der Waals surface area contributed by atoms with E-state index in [0.29, 0.717) is 4.47 Å². The normalized spacial score (nSPS) is 15.5. The summed E-state index contributed by atoms with van der Waals surface area (Å²) in [7, 11) is 0. The summed E-state index contributed by atoms with van der Waals surface area (Å²) in [6.45, 7) is 2.71. The zero-order valence-corrected chi connectivity index (χ0v) is 10.2. The molecule has 82 valence electrons. The molecule has 0 saturated heterocycles. The van der Waals surface area contributed by atoms with E-state index in [1.54, 1.807) is 10.6 Å². The summed E-state index contributed by atoms with van der Waals surface area (Å²) in [6.07, 6.45) is 4.56. The Morgan fingerprint density at radius 3 is 3.07 bits per heavy atom. The minimum Gasteiger partial charge on any atom is -0.315 e. The van der Waals surface area contributed by atoms with Gasteiger partial charge in [0.15, 0.2) is 0 Å². The molecular weight excluding hydrogens is 256 g/mol. The summed E-state index contributed by atoms with van der Waals surface area (Å²) >= 11 is 3.23. The molecule has 0 atom stereocenters. The van der Waals surface area contributed by atoms with Crippen molar-refractivity contribution in [3.8, 4) is 0 Å². The van der Waals surface area contributed by atoms with Crippen molar-refractivity contribution < 1.29 is 0 Å². The number of nitrogens with one attached hydrogen (secondary N) is 1. The lowest BCUT2D eigenvalue weighted by atomic mass is 10.4. The Hall–Kier alpha value is -0.610. The maximum absolute atomic E-state index is 11.6. The average Bonchev–Trinajstić information content (AvgIpc) is 3.02. The summed E-state index contributed by atoms with van der Waals surface area (Å²) in [4.78, 5) is 11.6. The lowest BCUT2D eigenvalue weighted by Gasteiger charge is -2.06. The predicted molar refractivity (Wildman–Crippen MR) is 64.0 cm³/mol. The average molecular weight is 271 g/mol. The van der Waals surface area contributed by atoms with Crippen LogP contribution in [0.1, 0.15) is 12.8 Å². The van der Waals surface area contributed by atoms with Gasteiger partial charge in [-0.05, 0) is 53.4 Å². The van der Waals surface area contributed by atoms with E-state index in [-0.39, 0.29) is 5.56 Å². The highest BCUT2D eigenvalue weighted by Crippen LogP contribution is 2.27. The molecule has 4 heteroatoms. The van der Waals surface area contributed by atoms with Gasteiger partial charge in [0.2, 0.25) is 0 Å². The Balaban J connectivity index is 1.81. The van der Waals surface area contributed by atoms with E-state index < -0.39 is 0 Å². The number of pyridine rings is 1. The van der Waals surface area contributed by atoms with E-state index >= 15 is 0 Å². The second-order valence-corrected chi connectivity index (χ2v) is 4.86. The fraction of sp³-hybridized carbons (Fsp3) is 0.545. The molecule has 1 aromatic heterocycles. The minimum absolute atomic E-state index is 0.0470. The zero-order chi connectivity index (χ0) is 10.7. The van der Waals surface area contributed by atoms with Crippen LogP contribution in [-0.2, 0) is 6.54 Å². The first kappa shape index (κ1) is 10.9. The fourth-order valence-electron chi connectivity index (χ4n) is 1.51.